The molecule has 0 spiro atoms. The highest BCUT2D eigenvalue weighted by atomic mass is 35.5. The Morgan fingerprint density at radius 3 is 2.59 bits per heavy atom. The first-order valence-corrected chi connectivity index (χ1v) is 9.28. The Kier molecular flexibility index (Phi) is 5.62. The topological polar surface area (TPSA) is 88.2 Å². The van der Waals surface area contributed by atoms with Gasteiger partial charge in [0.25, 0.3) is 5.91 Å². The lowest BCUT2D eigenvalue weighted by Crippen LogP contribution is -2.51. The number of carbonyl (C=O) groups excluding carboxylic acids is 1. The van der Waals surface area contributed by atoms with E-state index in [2.05, 4.69) is 25.9 Å². The fraction of sp³-hybridized carbons (Fsp3) is 0.389. The third-order valence-corrected chi connectivity index (χ3v) is 5.22. The van der Waals surface area contributed by atoms with E-state index in [-0.39, 0.29) is 11.4 Å². The number of hydrogen-bond acceptors (Lipinski definition) is 6. The van der Waals surface area contributed by atoms with Crippen LogP contribution in [0, 0.1) is 0 Å². The van der Waals surface area contributed by atoms with Gasteiger partial charge in [-0.1, -0.05) is 23.2 Å². The number of anilines is 3. The van der Waals surface area contributed by atoms with Crippen molar-refractivity contribution in [3.63, 3.8) is 0 Å². The van der Waals surface area contributed by atoms with Crippen LogP contribution in [0.3, 0.4) is 0 Å². The van der Waals surface area contributed by atoms with E-state index in [1.54, 1.807) is 19.2 Å². The lowest BCUT2D eigenvalue weighted by atomic mass is 9.78. The van der Waals surface area contributed by atoms with Crippen molar-refractivity contribution in [2.24, 2.45) is 0 Å². The predicted molar refractivity (Wildman–Crippen MR) is 108 cm³/mol. The summed E-state index contributed by atoms with van der Waals surface area (Å²) in [5.74, 6) is 1.00. The molecule has 3 N–H and O–H groups in total. The number of ether oxygens (including phenoxy) is 1. The number of methoxy groups -OCH3 is 1. The van der Waals surface area contributed by atoms with Gasteiger partial charge < -0.3 is 20.7 Å². The molecule has 7 nitrogen and oxygen atoms in total. The second-order valence-electron chi connectivity index (χ2n) is 6.67. The largest absolute Gasteiger partial charge is 0.496 e. The smallest absolute Gasteiger partial charge is 0.255 e. The molecule has 0 bridgehead atoms. The molecule has 1 aliphatic rings. The summed E-state index contributed by atoms with van der Waals surface area (Å²) in [6.45, 7) is 2.04. The molecule has 2 aromatic rings. The summed E-state index contributed by atoms with van der Waals surface area (Å²) in [5.41, 5.74) is 0.741. The minimum Gasteiger partial charge on any atom is -0.496 e. The van der Waals surface area contributed by atoms with Crippen molar-refractivity contribution in [2.45, 2.75) is 31.7 Å². The van der Waals surface area contributed by atoms with Crippen molar-refractivity contribution in [1.29, 1.82) is 0 Å². The number of halogens is 2. The zero-order chi connectivity index (χ0) is 19.6. The van der Waals surface area contributed by atoms with Gasteiger partial charge in [0.2, 0.25) is 5.95 Å². The van der Waals surface area contributed by atoms with Crippen molar-refractivity contribution in [1.82, 2.24) is 15.3 Å². The van der Waals surface area contributed by atoms with E-state index in [9.17, 15) is 4.79 Å². The van der Waals surface area contributed by atoms with Crippen LogP contribution in [0.25, 0.3) is 0 Å². The minimum atomic E-state index is -0.206. The van der Waals surface area contributed by atoms with Gasteiger partial charge in [0, 0.05) is 18.7 Å². The van der Waals surface area contributed by atoms with Crippen LogP contribution in [0.15, 0.2) is 18.3 Å². The van der Waals surface area contributed by atoms with E-state index < -0.39 is 0 Å². The summed E-state index contributed by atoms with van der Waals surface area (Å²) in [6.07, 6.45) is 4.54. The van der Waals surface area contributed by atoms with Gasteiger partial charge in [-0.05, 0) is 32.3 Å². The number of nitrogens with zero attached hydrogens (tertiary/aromatic N) is 2. The van der Waals surface area contributed by atoms with Crippen molar-refractivity contribution < 1.29 is 9.53 Å². The summed E-state index contributed by atoms with van der Waals surface area (Å²) in [6, 6.07) is 3.23. The van der Waals surface area contributed by atoms with Crippen molar-refractivity contribution in [3.8, 4) is 5.75 Å². The Balaban J connectivity index is 1.86. The van der Waals surface area contributed by atoms with Gasteiger partial charge in [0.15, 0.2) is 0 Å². The maximum atomic E-state index is 12.7. The third kappa shape index (κ3) is 4.20. The average Bonchev–Trinajstić information content (AvgIpc) is 2.63. The average molecular weight is 410 g/mol. The number of rotatable bonds is 6. The van der Waals surface area contributed by atoms with Crippen molar-refractivity contribution >= 4 is 46.6 Å². The summed E-state index contributed by atoms with van der Waals surface area (Å²) >= 11 is 12.4. The quantitative estimate of drug-likeness (QED) is 0.660. The summed E-state index contributed by atoms with van der Waals surface area (Å²) in [5, 5.41) is 9.72. The zero-order valence-corrected chi connectivity index (χ0v) is 16.8. The minimum absolute atomic E-state index is 0.161. The van der Waals surface area contributed by atoms with Gasteiger partial charge in [0.1, 0.15) is 16.6 Å². The Bertz CT molecular complexity index is 871. The fourth-order valence-electron chi connectivity index (χ4n) is 2.89. The third-order valence-electron chi connectivity index (χ3n) is 4.63. The number of nitrogens with one attached hydrogen (secondary N) is 3. The van der Waals surface area contributed by atoms with Crippen molar-refractivity contribution in [3.05, 3.63) is 33.9 Å². The van der Waals surface area contributed by atoms with Gasteiger partial charge in [-0.15, -0.1) is 0 Å². The number of benzene rings is 1. The molecule has 1 aromatic heterocycles. The van der Waals surface area contributed by atoms with Gasteiger partial charge in [0.05, 0.1) is 29.6 Å². The predicted octanol–water partition coefficient (Wildman–Crippen LogP) is 4.25. The Hall–Kier alpha value is -2.25. The molecule has 144 valence electrons. The van der Waals surface area contributed by atoms with E-state index in [1.807, 2.05) is 6.92 Å². The molecule has 0 aliphatic heterocycles. The summed E-state index contributed by atoms with van der Waals surface area (Å²) in [7, 11) is 3.22. The molecule has 1 amide bonds. The van der Waals surface area contributed by atoms with Crippen LogP contribution in [-0.4, -0.2) is 35.6 Å². The normalized spacial score (nSPS) is 14.9. The molecule has 0 atom stereocenters. The number of hydrogen-bond donors (Lipinski definition) is 3. The van der Waals surface area contributed by atoms with Crippen LogP contribution in [0.4, 0.5) is 17.5 Å². The van der Waals surface area contributed by atoms with Crippen LogP contribution in [0.5, 0.6) is 5.75 Å². The molecule has 1 fully saturated rings. The lowest BCUT2D eigenvalue weighted by Gasteiger charge is -2.39. The van der Waals surface area contributed by atoms with Gasteiger partial charge in [-0.3, -0.25) is 4.79 Å². The maximum Gasteiger partial charge on any atom is 0.255 e. The van der Waals surface area contributed by atoms with E-state index in [0.717, 1.165) is 19.3 Å². The molecule has 1 aliphatic carbocycles. The second kappa shape index (κ2) is 7.78. The lowest BCUT2D eigenvalue weighted by molar-refractivity contribution is 0.0847. The van der Waals surface area contributed by atoms with Gasteiger partial charge in [-0.25, -0.2) is 4.98 Å². The molecule has 0 unspecified atom stereocenters. The summed E-state index contributed by atoms with van der Waals surface area (Å²) in [4.78, 5) is 21.1. The molecule has 0 saturated heterocycles. The molecule has 1 aromatic carbocycles. The molecule has 9 heteroatoms. The van der Waals surface area contributed by atoms with Crippen LogP contribution >= 0.6 is 23.2 Å². The maximum absolute atomic E-state index is 12.7. The molecule has 27 heavy (non-hydrogen) atoms. The fourth-order valence-corrected chi connectivity index (χ4v) is 3.29. The van der Waals surface area contributed by atoms with Crippen LogP contribution in [0.1, 0.15) is 36.5 Å². The first kappa shape index (κ1) is 19.5. The van der Waals surface area contributed by atoms with Crippen molar-refractivity contribution in [2.75, 3.05) is 24.8 Å². The Morgan fingerprint density at radius 2 is 2.00 bits per heavy atom. The number of amides is 1. The zero-order valence-electron chi connectivity index (χ0n) is 15.3. The molecule has 3 rings (SSSR count). The first-order chi connectivity index (χ1) is 12.8. The Morgan fingerprint density at radius 1 is 1.26 bits per heavy atom. The standard InChI is InChI=1S/C18H21Cl2N5O2/c1-18(5-4-6-18)25-16(26)10-7-11(19)13(8-14(10)27-3)23-17-22-9-12(20)15(21-2)24-17/h7-9H,4-6H2,1-3H3,(H,25,26)(H2,21,22,23,24). The summed E-state index contributed by atoms with van der Waals surface area (Å²) < 4.78 is 5.40. The number of carbonyl (C=O) groups is 1. The first-order valence-electron chi connectivity index (χ1n) is 8.52. The van der Waals surface area contributed by atoms with Crippen LogP contribution in [0.2, 0.25) is 10.0 Å². The second-order valence-corrected chi connectivity index (χ2v) is 7.48. The van der Waals surface area contributed by atoms with E-state index >= 15 is 0 Å². The molecule has 0 radical (unpaired) electrons. The highest BCUT2D eigenvalue weighted by Gasteiger charge is 2.34. The number of aromatic nitrogens is 2. The van der Waals surface area contributed by atoms with E-state index in [4.69, 9.17) is 27.9 Å². The van der Waals surface area contributed by atoms with Gasteiger partial charge >= 0.3 is 0 Å². The molecular formula is C18H21Cl2N5O2. The van der Waals surface area contributed by atoms with Crippen LogP contribution < -0.4 is 20.7 Å². The molecular weight excluding hydrogens is 389 g/mol. The highest BCUT2D eigenvalue weighted by molar-refractivity contribution is 6.34. The Labute approximate surface area is 167 Å². The van der Waals surface area contributed by atoms with Gasteiger partial charge in [-0.2, -0.15) is 4.98 Å². The van der Waals surface area contributed by atoms with E-state index in [1.165, 1.54) is 13.3 Å². The SMILES string of the molecule is CNc1nc(Nc2cc(OC)c(C(=O)NC3(C)CCC3)cc2Cl)ncc1Cl. The highest BCUT2D eigenvalue weighted by Crippen LogP contribution is 2.35. The molecule has 1 saturated carbocycles. The monoisotopic (exact) mass is 409 g/mol. The van der Waals surface area contributed by atoms with E-state index in [0.29, 0.717) is 38.8 Å². The van der Waals surface area contributed by atoms with Crippen LogP contribution in [-0.2, 0) is 0 Å². The molecule has 1 heterocycles.